The SMILES string of the molecule is COc1ccc(CNc2ccn(C(C)C)n2)cn1. The molecule has 0 aliphatic rings. The Morgan fingerprint density at radius 3 is 2.72 bits per heavy atom. The molecule has 5 nitrogen and oxygen atoms in total. The number of hydrogen-bond acceptors (Lipinski definition) is 4. The number of hydrogen-bond donors (Lipinski definition) is 1. The summed E-state index contributed by atoms with van der Waals surface area (Å²) in [5.74, 6) is 1.50. The standard InChI is InChI=1S/C13H18N4O/c1-10(2)17-7-6-12(16-17)14-8-11-4-5-13(18-3)15-9-11/h4-7,9-10H,8H2,1-3H3,(H,14,16). The number of aromatic nitrogens is 3. The zero-order chi connectivity index (χ0) is 13.0. The fraction of sp³-hybridized carbons (Fsp3) is 0.385. The molecule has 0 aliphatic carbocycles. The van der Waals surface area contributed by atoms with E-state index in [9.17, 15) is 0 Å². The van der Waals surface area contributed by atoms with E-state index >= 15 is 0 Å². The van der Waals surface area contributed by atoms with Crippen molar-refractivity contribution in [1.82, 2.24) is 14.8 Å². The number of ether oxygens (including phenoxy) is 1. The number of rotatable bonds is 5. The Morgan fingerprint density at radius 1 is 1.33 bits per heavy atom. The van der Waals surface area contributed by atoms with E-state index in [4.69, 9.17) is 4.74 Å². The minimum Gasteiger partial charge on any atom is -0.481 e. The third kappa shape index (κ3) is 3.00. The average Bonchev–Trinajstić information content (AvgIpc) is 2.86. The van der Waals surface area contributed by atoms with Crippen LogP contribution in [-0.2, 0) is 6.54 Å². The van der Waals surface area contributed by atoms with Gasteiger partial charge in [0, 0.05) is 37.1 Å². The van der Waals surface area contributed by atoms with Crippen LogP contribution in [-0.4, -0.2) is 21.9 Å². The maximum Gasteiger partial charge on any atom is 0.212 e. The number of methoxy groups -OCH3 is 1. The minimum atomic E-state index is 0.378. The van der Waals surface area contributed by atoms with Gasteiger partial charge in [0.1, 0.15) is 5.82 Å². The van der Waals surface area contributed by atoms with Crippen LogP contribution in [0.4, 0.5) is 5.82 Å². The zero-order valence-electron chi connectivity index (χ0n) is 10.9. The summed E-state index contributed by atoms with van der Waals surface area (Å²) >= 11 is 0. The number of nitrogens with zero attached hydrogens (tertiary/aromatic N) is 3. The van der Waals surface area contributed by atoms with E-state index in [1.165, 1.54) is 0 Å². The van der Waals surface area contributed by atoms with Crippen LogP contribution in [0, 0.1) is 0 Å². The van der Waals surface area contributed by atoms with E-state index in [0.717, 1.165) is 11.4 Å². The number of nitrogens with one attached hydrogen (secondary N) is 1. The van der Waals surface area contributed by atoms with Crippen LogP contribution < -0.4 is 10.1 Å². The molecule has 0 aromatic carbocycles. The maximum atomic E-state index is 5.01. The highest BCUT2D eigenvalue weighted by Crippen LogP contribution is 2.11. The third-order valence-electron chi connectivity index (χ3n) is 2.62. The van der Waals surface area contributed by atoms with Crippen LogP contribution in [0.5, 0.6) is 5.88 Å². The summed E-state index contributed by atoms with van der Waals surface area (Å²) in [7, 11) is 1.61. The van der Waals surface area contributed by atoms with Crippen LogP contribution in [0.1, 0.15) is 25.5 Å². The second-order valence-corrected chi connectivity index (χ2v) is 4.34. The first kappa shape index (κ1) is 12.4. The Hall–Kier alpha value is -2.04. The highest BCUT2D eigenvalue weighted by Gasteiger charge is 2.02. The van der Waals surface area contributed by atoms with Crippen molar-refractivity contribution in [3.8, 4) is 5.88 Å². The molecule has 2 aromatic heterocycles. The largest absolute Gasteiger partial charge is 0.481 e. The van der Waals surface area contributed by atoms with Crippen molar-refractivity contribution in [2.45, 2.75) is 26.4 Å². The van der Waals surface area contributed by atoms with Crippen molar-refractivity contribution in [2.75, 3.05) is 12.4 Å². The Morgan fingerprint density at radius 2 is 2.17 bits per heavy atom. The fourth-order valence-corrected chi connectivity index (χ4v) is 1.55. The molecule has 18 heavy (non-hydrogen) atoms. The van der Waals surface area contributed by atoms with Gasteiger partial charge in [-0.25, -0.2) is 4.98 Å². The topological polar surface area (TPSA) is 52.0 Å². The predicted molar refractivity (Wildman–Crippen MR) is 70.7 cm³/mol. The van der Waals surface area contributed by atoms with Gasteiger partial charge in [-0.05, 0) is 19.4 Å². The second kappa shape index (κ2) is 5.53. The molecule has 0 fully saturated rings. The van der Waals surface area contributed by atoms with E-state index in [2.05, 4.69) is 29.2 Å². The Bertz CT molecular complexity index is 490. The Labute approximate surface area is 107 Å². The predicted octanol–water partition coefficient (Wildman–Crippen LogP) is 2.48. The molecule has 0 saturated carbocycles. The van der Waals surface area contributed by atoms with E-state index in [1.807, 2.05) is 29.1 Å². The lowest BCUT2D eigenvalue weighted by molar-refractivity contribution is 0.397. The molecule has 5 heteroatoms. The van der Waals surface area contributed by atoms with Gasteiger partial charge in [0.05, 0.1) is 7.11 Å². The van der Waals surface area contributed by atoms with Crippen LogP contribution in [0.3, 0.4) is 0 Å². The Balaban J connectivity index is 1.93. The summed E-state index contributed by atoms with van der Waals surface area (Å²) < 4.78 is 6.94. The van der Waals surface area contributed by atoms with E-state index in [-0.39, 0.29) is 0 Å². The molecule has 0 atom stereocenters. The van der Waals surface area contributed by atoms with Gasteiger partial charge in [-0.15, -0.1) is 0 Å². The van der Waals surface area contributed by atoms with Crippen LogP contribution >= 0.6 is 0 Å². The highest BCUT2D eigenvalue weighted by atomic mass is 16.5. The molecule has 2 heterocycles. The van der Waals surface area contributed by atoms with Crippen molar-refractivity contribution in [3.05, 3.63) is 36.2 Å². The molecule has 2 aromatic rings. The normalized spacial score (nSPS) is 10.7. The van der Waals surface area contributed by atoms with Crippen molar-refractivity contribution in [3.63, 3.8) is 0 Å². The van der Waals surface area contributed by atoms with Crippen LogP contribution in [0.2, 0.25) is 0 Å². The van der Waals surface area contributed by atoms with Gasteiger partial charge >= 0.3 is 0 Å². The highest BCUT2D eigenvalue weighted by molar-refractivity contribution is 5.34. The molecule has 0 aliphatic heterocycles. The summed E-state index contributed by atoms with van der Waals surface area (Å²) in [5, 5.41) is 7.68. The van der Waals surface area contributed by atoms with Crippen molar-refractivity contribution in [1.29, 1.82) is 0 Å². The van der Waals surface area contributed by atoms with Crippen molar-refractivity contribution in [2.24, 2.45) is 0 Å². The molecule has 96 valence electrons. The van der Waals surface area contributed by atoms with E-state index in [0.29, 0.717) is 18.5 Å². The summed E-state index contributed by atoms with van der Waals surface area (Å²) in [6.07, 6.45) is 3.77. The number of anilines is 1. The summed E-state index contributed by atoms with van der Waals surface area (Å²) in [5.41, 5.74) is 1.09. The maximum absolute atomic E-state index is 5.01. The molecular weight excluding hydrogens is 228 g/mol. The summed E-state index contributed by atoms with van der Waals surface area (Å²) in [4.78, 5) is 4.16. The summed E-state index contributed by atoms with van der Waals surface area (Å²) in [6, 6.07) is 6.18. The molecule has 0 bridgehead atoms. The smallest absolute Gasteiger partial charge is 0.212 e. The zero-order valence-corrected chi connectivity index (χ0v) is 10.9. The van der Waals surface area contributed by atoms with Crippen molar-refractivity contribution < 1.29 is 4.74 Å². The van der Waals surface area contributed by atoms with Gasteiger partial charge in [-0.1, -0.05) is 6.07 Å². The van der Waals surface area contributed by atoms with Crippen LogP contribution in [0.15, 0.2) is 30.6 Å². The molecule has 0 spiro atoms. The molecule has 2 rings (SSSR count). The van der Waals surface area contributed by atoms with Crippen molar-refractivity contribution >= 4 is 5.82 Å². The average molecular weight is 246 g/mol. The van der Waals surface area contributed by atoms with E-state index in [1.54, 1.807) is 13.3 Å². The molecule has 0 saturated heterocycles. The first-order valence-corrected chi connectivity index (χ1v) is 5.97. The molecular formula is C13H18N4O. The van der Waals surface area contributed by atoms with E-state index < -0.39 is 0 Å². The second-order valence-electron chi connectivity index (χ2n) is 4.34. The van der Waals surface area contributed by atoms with Gasteiger partial charge in [0.25, 0.3) is 0 Å². The minimum absolute atomic E-state index is 0.378. The molecule has 1 N–H and O–H groups in total. The van der Waals surface area contributed by atoms with Gasteiger partial charge < -0.3 is 10.1 Å². The number of pyridine rings is 1. The lowest BCUT2D eigenvalue weighted by Gasteiger charge is -2.05. The lowest BCUT2D eigenvalue weighted by atomic mass is 10.3. The monoisotopic (exact) mass is 246 g/mol. The third-order valence-corrected chi connectivity index (χ3v) is 2.62. The quantitative estimate of drug-likeness (QED) is 0.880. The lowest BCUT2D eigenvalue weighted by Crippen LogP contribution is -2.04. The fourth-order valence-electron chi connectivity index (χ4n) is 1.55. The summed E-state index contributed by atoms with van der Waals surface area (Å²) in [6.45, 7) is 4.90. The van der Waals surface area contributed by atoms with Gasteiger partial charge in [0.15, 0.2) is 0 Å². The first-order valence-electron chi connectivity index (χ1n) is 5.97. The van der Waals surface area contributed by atoms with Crippen LogP contribution in [0.25, 0.3) is 0 Å². The van der Waals surface area contributed by atoms with Gasteiger partial charge in [0.2, 0.25) is 5.88 Å². The van der Waals surface area contributed by atoms with Gasteiger partial charge in [-0.2, -0.15) is 5.10 Å². The molecule has 0 radical (unpaired) electrons. The van der Waals surface area contributed by atoms with Gasteiger partial charge in [-0.3, -0.25) is 4.68 Å². The molecule has 0 amide bonds. The Kier molecular flexibility index (Phi) is 3.82. The first-order chi connectivity index (χ1) is 8.69. The molecule has 0 unspecified atom stereocenters.